The molecule has 1 aromatic rings. The normalized spacial score (nSPS) is 13.0. The second-order valence-electron chi connectivity index (χ2n) is 2.68. The van der Waals surface area contributed by atoms with Crippen LogP contribution in [-0.2, 0) is 11.2 Å². The number of carbonyl (C=O) groups excluding carboxylic acids is 1. The molecule has 1 aliphatic rings. The average Bonchev–Trinajstić information content (AvgIpc) is 2.53. The quantitative estimate of drug-likeness (QED) is 0.744. The average molecular weight is 243 g/mol. The van der Waals surface area contributed by atoms with Gasteiger partial charge in [0.15, 0.2) is 11.5 Å². The van der Waals surface area contributed by atoms with E-state index in [2.05, 4.69) is 15.9 Å². The van der Waals surface area contributed by atoms with Gasteiger partial charge in [-0.15, -0.1) is 0 Å². The maximum atomic E-state index is 10.3. The van der Waals surface area contributed by atoms with Gasteiger partial charge >= 0.3 is 0 Å². The van der Waals surface area contributed by atoms with Gasteiger partial charge in [0.25, 0.3) is 0 Å². The molecule has 0 N–H and O–H groups in total. The topological polar surface area (TPSA) is 35.5 Å². The second-order valence-corrected chi connectivity index (χ2v) is 3.54. The molecular weight excluding hydrogens is 236 g/mol. The summed E-state index contributed by atoms with van der Waals surface area (Å²) in [5, 5.41) is 0. The van der Waals surface area contributed by atoms with Crippen molar-refractivity contribution in [1.82, 2.24) is 0 Å². The van der Waals surface area contributed by atoms with Gasteiger partial charge in [-0.1, -0.05) is 0 Å². The van der Waals surface area contributed by atoms with Gasteiger partial charge in [0.05, 0.1) is 4.47 Å². The lowest BCUT2D eigenvalue weighted by molar-refractivity contribution is -0.107. The fraction of sp³-hybridized carbons (Fsp3) is 0.222. The zero-order valence-corrected chi connectivity index (χ0v) is 8.33. The number of fused-ring (bicyclic) bond motifs is 1. The minimum atomic E-state index is 0.248. The van der Waals surface area contributed by atoms with Crippen LogP contribution in [0, 0.1) is 0 Å². The highest BCUT2D eigenvalue weighted by molar-refractivity contribution is 9.10. The van der Waals surface area contributed by atoms with Crippen molar-refractivity contribution in [2.75, 3.05) is 6.79 Å². The van der Waals surface area contributed by atoms with Crippen LogP contribution in [0.2, 0.25) is 0 Å². The number of carbonyl (C=O) groups is 1. The molecule has 0 aliphatic carbocycles. The Balaban J connectivity index is 2.43. The summed E-state index contributed by atoms with van der Waals surface area (Å²) in [4.78, 5) is 10.3. The Bertz CT molecular complexity index is 349. The molecule has 13 heavy (non-hydrogen) atoms. The van der Waals surface area contributed by atoms with Gasteiger partial charge in [0, 0.05) is 6.42 Å². The zero-order valence-electron chi connectivity index (χ0n) is 6.75. The third-order valence-electron chi connectivity index (χ3n) is 1.81. The van der Waals surface area contributed by atoms with Crippen molar-refractivity contribution < 1.29 is 14.3 Å². The van der Waals surface area contributed by atoms with Gasteiger partial charge in [-0.05, 0) is 33.6 Å². The molecule has 2 rings (SSSR count). The lowest BCUT2D eigenvalue weighted by Gasteiger charge is -2.01. The molecule has 0 bridgehead atoms. The second kappa shape index (κ2) is 3.38. The maximum Gasteiger partial charge on any atom is 0.231 e. The first-order valence-corrected chi connectivity index (χ1v) is 4.62. The molecular formula is C9H7BrO3. The molecule has 1 heterocycles. The fourth-order valence-electron chi connectivity index (χ4n) is 1.23. The highest BCUT2D eigenvalue weighted by atomic mass is 79.9. The fourth-order valence-corrected chi connectivity index (χ4v) is 1.84. The van der Waals surface area contributed by atoms with Gasteiger partial charge in [0.1, 0.15) is 6.29 Å². The third-order valence-corrected chi connectivity index (χ3v) is 2.40. The first kappa shape index (κ1) is 8.56. The summed E-state index contributed by atoms with van der Waals surface area (Å²) in [6, 6.07) is 3.68. The monoisotopic (exact) mass is 242 g/mol. The molecule has 0 aromatic heterocycles. The van der Waals surface area contributed by atoms with Crippen LogP contribution in [0.3, 0.4) is 0 Å². The van der Waals surface area contributed by atoms with Gasteiger partial charge in [-0.25, -0.2) is 0 Å². The Kier molecular flexibility index (Phi) is 2.22. The predicted octanol–water partition coefficient (Wildman–Crippen LogP) is 1.92. The van der Waals surface area contributed by atoms with E-state index >= 15 is 0 Å². The van der Waals surface area contributed by atoms with Gasteiger partial charge in [0.2, 0.25) is 6.79 Å². The molecule has 0 spiro atoms. The summed E-state index contributed by atoms with van der Waals surface area (Å²) >= 11 is 3.35. The third kappa shape index (κ3) is 1.54. The van der Waals surface area contributed by atoms with Crippen LogP contribution in [0.5, 0.6) is 11.5 Å². The molecule has 1 aliphatic heterocycles. The first-order valence-electron chi connectivity index (χ1n) is 3.83. The van der Waals surface area contributed by atoms with Gasteiger partial charge in [-0.3, -0.25) is 0 Å². The van der Waals surface area contributed by atoms with E-state index in [0.29, 0.717) is 12.2 Å². The Hall–Kier alpha value is -1.03. The summed E-state index contributed by atoms with van der Waals surface area (Å²) in [6.07, 6.45) is 1.26. The van der Waals surface area contributed by atoms with E-state index in [0.717, 1.165) is 22.1 Å². The Labute approximate surface area is 83.8 Å². The highest BCUT2D eigenvalue weighted by Crippen LogP contribution is 2.39. The standard InChI is InChI=1S/C9H7BrO3/c10-7-3-6(1-2-11)4-8-9(7)13-5-12-8/h2-4H,1,5H2. The Morgan fingerprint density at radius 2 is 2.31 bits per heavy atom. The Morgan fingerprint density at radius 1 is 1.46 bits per heavy atom. The van der Waals surface area contributed by atoms with Crippen molar-refractivity contribution in [3.8, 4) is 11.5 Å². The number of aldehydes is 1. The summed E-state index contributed by atoms with van der Waals surface area (Å²) in [6.45, 7) is 0.248. The number of benzene rings is 1. The van der Waals surface area contributed by atoms with Crippen LogP contribution in [0.1, 0.15) is 5.56 Å². The predicted molar refractivity (Wildman–Crippen MR) is 50.0 cm³/mol. The SMILES string of the molecule is O=CCc1cc(Br)c2c(c1)OCO2. The van der Waals surface area contributed by atoms with E-state index in [9.17, 15) is 4.79 Å². The van der Waals surface area contributed by atoms with Crippen molar-refractivity contribution in [2.45, 2.75) is 6.42 Å². The highest BCUT2D eigenvalue weighted by Gasteiger charge is 2.17. The molecule has 0 saturated heterocycles. The molecule has 0 saturated carbocycles. The molecule has 3 nitrogen and oxygen atoms in total. The van der Waals surface area contributed by atoms with Crippen molar-refractivity contribution in [3.05, 3.63) is 22.2 Å². The minimum absolute atomic E-state index is 0.248. The van der Waals surface area contributed by atoms with Crippen molar-refractivity contribution in [3.63, 3.8) is 0 Å². The Morgan fingerprint density at radius 3 is 3.08 bits per heavy atom. The number of halogens is 1. The molecule has 0 unspecified atom stereocenters. The van der Waals surface area contributed by atoms with Crippen molar-refractivity contribution in [1.29, 1.82) is 0 Å². The summed E-state index contributed by atoms with van der Waals surface area (Å²) < 4.78 is 11.2. The molecule has 0 radical (unpaired) electrons. The number of hydrogen-bond acceptors (Lipinski definition) is 3. The molecule has 1 aromatic carbocycles. The van der Waals surface area contributed by atoms with E-state index in [4.69, 9.17) is 9.47 Å². The first-order chi connectivity index (χ1) is 6.31. The molecule has 4 heteroatoms. The smallest absolute Gasteiger partial charge is 0.231 e. The minimum Gasteiger partial charge on any atom is -0.454 e. The van der Waals surface area contributed by atoms with Crippen LogP contribution < -0.4 is 9.47 Å². The maximum absolute atomic E-state index is 10.3. The van der Waals surface area contributed by atoms with E-state index in [1.54, 1.807) is 0 Å². The largest absolute Gasteiger partial charge is 0.454 e. The molecule has 0 atom stereocenters. The van der Waals surface area contributed by atoms with Crippen LogP contribution in [0.4, 0.5) is 0 Å². The van der Waals surface area contributed by atoms with E-state index in [1.165, 1.54) is 0 Å². The van der Waals surface area contributed by atoms with Crippen LogP contribution in [-0.4, -0.2) is 13.1 Å². The number of ether oxygens (including phenoxy) is 2. The van der Waals surface area contributed by atoms with Crippen LogP contribution in [0.25, 0.3) is 0 Å². The van der Waals surface area contributed by atoms with E-state index < -0.39 is 0 Å². The van der Waals surface area contributed by atoms with Gasteiger partial charge < -0.3 is 14.3 Å². The molecule has 68 valence electrons. The van der Waals surface area contributed by atoms with Gasteiger partial charge in [-0.2, -0.15) is 0 Å². The molecule has 0 fully saturated rings. The van der Waals surface area contributed by atoms with E-state index in [-0.39, 0.29) is 6.79 Å². The zero-order chi connectivity index (χ0) is 9.26. The summed E-state index contributed by atoms with van der Waals surface area (Å²) in [7, 11) is 0. The van der Waals surface area contributed by atoms with E-state index in [1.807, 2.05) is 12.1 Å². The van der Waals surface area contributed by atoms with Crippen molar-refractivity contribution >= 4 is 22.2 Å². The van der Waals surface area contributed by atoms with Crippen LogP contribution >= 0.6 is 15.9 Å². The lowest BCUT2D eigenvalue weighted by Crippen LogP contribution is -1.93. The summed E-state index contributed by atoms with van der Waals surface area (Å²) in [5.74, 6) is 1.42. The molecule has 0 amide bonds. The van der Waals surface area contributed by atoms with Crippen LogP contribution in [0.15, 0.2) is 16.6 Å². The lowest BCUT2D eigenvalue weighted by atomic mass is 10.1. The number of rotatable bonds is 2. The van der Waals surface area contributed by atoms with Crippen molar-refractivity contribution in [2.24, 2.45) is 0 Å². The summed E-state index contributed by atoms with van der Waals surface area (Å²) in [5.41, 5.74) is 0.922. The number of hydrogen-bond donors (Lipinski definition) is 0.